The predicted octanol–water partition coefficient (Wildman–Crippen LogP) is 2.05. The summed E-state index contributed by atoms with van der Waals surface area (Å²) in [7, 11) is 0. The molecule has 0 bridgehead atoms. The van der Waals surface area contributed by atoms with E-state index >= 15 is 0 Å². The molecule has 0 radical (unpaired) electrons. The number of nitrogens with one attached hydrogen (secondary N) is 3. The molecule has 5 heteroatoms. The van der Waals surface area contributed by atoms with Crippen molar-refractivity contribution in [3.63, 3.8) is 0 Å². The standard InChI is InChI=1S/C9H10BrN3O/c1-2-11-6-4-8-7(3-5(6)10)12-9(14)13-8/h3-4,11H,2H2,1H3,(H2,12,13,14). The third-order valence-electron chi connectivity index (χ3n) is 1.97. The van der Waals surface area contributed by atoms with Gasteiger partial charge in [-0.05, 0) is 35.0 Å². The molecular weight excluding hydrogens is 246 g/mol. The van der Waals surface area contributed by atoms with Gasteiger partial charge in [-0.15, -0.1) is 0 Å². The van der Waals surface area contributed by atoms with Gasteiger partial charge < -0.3 is 15.3 Å². The van der Waals surface area contributed by atoms with Crippen LogP contribution in [0.3, 0.4) is 0 Å². The van der Waals surface area contributed by atoms with Crippen molar-refractivity contribution < 1.29 is 0 Å². The molecule has 0 spiro atoms. The third-order valence-corrected chi connectivity index (χ3v) is 2.63. The molecule has 4 nitrogen and oxygen atoms in total. The Balaban J connectivity index is 2.63. The molecule has 2 aromatic rings. The van der Waals surface area contributed by atoms with Gasteiger partial charge in [0.05, 0.1) is 16.7 Å². The van der Waals surface area contributed by atoms with Gasteiger partial charge in [-0.25, -0.2) is 4.79 Å². The largest absolute Gasteiger partial charge is 0.384 e. The molecule has 1 aromatic heterocycles. The van der Waals surface area contributed by atoms with E-state index < -0.39 is 0 Å². The zero-order valence-electron chi connectivity index (χ0n) is 7.65. The molecule has 0 amide bonds. The molecule has 3 N–H and O–H groups in total. The summed E-state index contributed by atoms with van der Waals surface area (Å²) in [6.45, 7) is 2.87. The van der Waals surface area contributed by atoms with E-state index in [0.717, 1.165) is 27.7 Å². The second kappa shape index (κ2) is 3.49. The van der Waals surface area contributed by atoms with Crippen molar-refractivity contribution in [1.82, 2.24) is 9.97 Å². The van der Waals surface area contributed by atoms with Gasteiger partial charge in [0.25, 0.3) is 0 Å². The number of hydrogen-bond acceptors (Lipinski definition) is 2. The summed E-state index contributed by atoms with van der Waals surface area (Å²) >= 11 is 3.43. The monoisotopic (exact) mass is 255 g/mol. The van der Waals surface area contributed by atoms with Gasteiger partial charge in [0, 0.05) is 11.0 Å². The lowest BCUT2D eigenvalue weighted by atomic mass is 10.3. The number of imidazole rings is 1. The van der Waals surface area contributed by atoms with Crippen LogP contribution in [0.25, 0.3) is 11.0 Å². The van der Waals surface area contributed by atoms with Crippen LogP contribution in [0.15, 0.2) is 21.4 Å². The number of aromatic amines is 2. The molecule has 0 unspecified atom stereocenters. The first-order valence-electron chi connectivity index (χ1n) is 4.36. The second-order valence-corrected chi connectivity index (χ2v) is 3.84. The fourth-order valence-corrected chi connectivity index (χ4v) is 1.87. The number of benzene rings is 1. The van der Waals surface area contributed by atoms with Crippen LogP contribution in [0, 0.1) is 0 Å². The Morgan fingerprint density at radius 2 is 2.00 bits per heavy atom. The van der Waals surface area contributed by atoms with Crippen LogP contribution in [-0.4, -0.2) is 16.5 Å². The zero-order valence-corrected chi connectivity index (χ0v) is 9.23. The Morgan fingerprint density at radius 3 is 2.64 bits per heavy atom. The minimum absolute atomic E-state index is 0.180. The van der Waals surface area contributed by atoms with E-state index in [2.05, 4.69) is 31.2 Å². The summed E-state index contributed by atoms with van der Waals surface area (Å²) in [5.41, 5.74) is 2.42. The lowest BCUT2D eigenvalue weighted by molar-refractivity contribution is 1.21. The quantitative estimate of drug-likeness (QED) is 0.770. The van der Waals surface area contributed by atoms with Gasteiger partial charge in [0.2, 0.25) is 0 Å². The Labute approximate surface area is 88.9 Å². The Hall–Kier alpha value is -1.23. The Bertz CT molecular complexity index is 514. The summed E-state index contributed by atoms with van der Waals surface area (Å²) in [6.07, 6.45) is 0. The van der Waals surface area contributed by atoms with Gasteiger partial charge in [0.15, 0.2) is 0 Å². The highest BCUT2D eigenvalue weighted by Crippen LogP contribution is 2.25. The van der Waals surface area contributed by atoms with Crippen molar-refractivity contribution in [2.45, 2.75) is 6.92 Å². The van der Waals surface area contributed by atoms with Crippen LogP contribution in [0.5, 0.6) is 0 Å². The van der Waals surface area contributed by atoms with Crippen LogP contribution in [0.4, 0.5) is 5.69 Å². The van der Waals surface area contributed by atoms with Crippen molar-refractivity contribution >= 4 is 32.7 Å². The summed E-state index contributed by atoms with van der Waals surface area (Å²) in [4.78, 5) is 16.4. The third kappa shape index (κ3) is 1.55. The van der Waals surface area contributed by atoms with E-state index in [-0.39, 0.29) is 5.69 Å². The molecule has 0 aliphatic carbocycles. The van der Waals surface area contributed by atoms with Crippen LogP contribution in [0.1, 0.15) is 6.92 Å². The topological polar surface area (TPSA) is 60.7 Å². The number of hydrogen-bond donors (Lipinski definition) is 3. The average Bonchev–Trinajstić information content (AvgIpc) is 2.45. The molecule has 74 valence electrons. The van der Waals surface area contributed by atoms with E-state index in [1.54, 1.807) is 0 Å². The van der Waals surface area contributed by atoms with Gasteiger partial charge >= 0.3 is 5.69 Å². The summed E-state index contributed by atoms with van der Waals surface area (Å²) in [6, 6.07) is 3.78. The maximum absolute atomic E-state index is 11.0. The molecule has 0 atom stereocenters. The lowest BCUT2D eigenvalue weighted by Crippen LogP contribution is -1.99. The molecule has 1 heterocycles. The highest BCUT2D eigenvalue weighted by molar-refractivity contribution is 9.10. The van der Waals surface area contributed by atoms with E-state index in [9.17, 15) is 4.79 Å². The van der Waals surface area contributed by atoms with E-state index in [4.69, 9.17) is 0 Å². The maximum atomic E-state index is 11.0. The highest BCUT2D eigenvalue weighted by Gasteiger charge is 2.03. The SMILES string of the molecule is CCNc1cc2[nH]c(=O)[nH]c2cc1Br. The summed E-state index contributed by atoms with van der Waals surface area (Å²) in [5.74, 6) is 0. The molecule has 0 fully saturated rings. The number of aromatic nitrogens is 2. The predicted molar refractivity (Wildman–Crippen MR) is 60.8 cm³/mol. The fraction of sp³-hybridized carbons (Fsp3) is 0.222. The summed E-state index contributed by atoms with van der Waals surface area (Å²) < 4.78 is 0.946. The van der Waals surface area contributed by atoms with E-state index in [1.165, 1.54) is 0 Å². The van der Waals surface area contributed by atoms with Gasteiger partial charge in [-0.2, -0.15) is 0 Å². The number of anilines is 1. The Kier molecular flexibility index (Phi) is 2.33. The van der Waals surface area contributed by atoms with Crippen molar-refractivity contribution in [3.8, 4) is 0 Å². The highest BCUT2D eigenvalue weighted by atomic mass is 79.9. The molecule has 2 rings (SSSR count). The van der Waals surface area contributed by atoms with Crippen LogP contribution < -0.4 is 11.0 Å². The maximum Gasteiger partial charge on any atom is 0.323 e. The number of halogens is 1. The minimum Gasteiger partial charge on any atom is -0.384 e. The van der Waals surface area contributed by atoms with E-state index in [1.807, 2.05) is 19.1 Å². The van der Waals surface area contributed by atoms with Crippen LogP contribution >= 0.6 is 15.9 Å². The summed E-state index contributed by atoms with van der Waals surface area (Å²) in [5, 5.41) is 3.19. The molecule has 0 aliphatic rings. The zero-order chi connectivity index (χ0) is 10.1. The smallest absolute Gasteiger partial charge is 0.323 e. The van der Waals surface area contributed by atoms with Crippen molar-refractivity contribution in [2.75, 3.05) is 11.9 Å². The average molecular weight is 256 g/mol. The number of fused-ring (bicyclic) bond motifs is 1. The second-order valence-electron chi connectivity index (χ2n) is 2.99. The minimum atomic E-state index is -0.180. The van der Waals surface area contributed by atoms with Crippen molar-refractivity contribution in [2.24, 2.45) is 0 Å². The normalized spacial score (nSPS) is 10.7. The molecule has 0 saturated heterocycles. The van der Waals surface area contributed by atoms with Crippen molar-refractivity contribution in [1.29, 1.82) is 0 Å². The Morgan fingerprint density at radius 1 is 1.36 bits per heavy atom. The molecule has 1 aromatic carbocycles. The number of H-pyrrole nitrogens is 2. The van der Waals surface area contributed by atoms with E-state index in [0.29, 0.717) is 0 Å². The van der Waals surface area contributed by atoms with Gasteiger partial charge in [-0.1, -0.05) is 0 Å². The lowest BCUT2D eigenvalue weighted by Gasteiger charge is -2.05. The van der Waals surface area contributed by atoms with Crippen molar-refractivity contribution in [3.05, 3.63) is 27.1 Å². The fourth-order valence-electron chi connectivity index (χ4n) is 1.38. The van der Waals surface area contributed by atoms with Gasteiger partial charge in [0.1, 0.15) is 0 Å². The molecule has 0 saturated carbocycles. The first-order valence-corrected chi connectivity index (χ1v) is 5.15. The first kappa shape index (κ1) is 9.33. The first-order chi connectivity index (χ1) is 6.70. The molecular formula is C9H10BrN3O. The van der Waals surface area contributed by atoms with Crippen LogP contribution in [0.2, 0.25) is 0 Å². The number of rotatable bonds is 2. The van der Waals surface area contributed by atoms with Gasteiger partial charge in [-0.3, -0.25) is 0 Å². The van der Waals surface area contributed by atoms with Crippen LogP contribution in [-0.2, 0) is 0 Å². The molecule has 14 heavy (non-hydrogen) atoms. The molecule has 0 aliphatic heterocycles.